The third-order valence-corrected chi connectivity index (χ3v) is 4.08. The summed E-state index contributed by atoms with van der Waals surface area (Å²) in [7, 11) is 0. The summed E-state index contributed by atoms with van der Waals surface area (Å²) in [6.45, 7) is 2.94. The molecular weight excluding hydrogens is 332 g/mol. The van der Waals surface area contributed by atoms with Crippen LogP contribution in [0.4, 0.5) is 0 Å². The van der Waals surface area contributed by atoms with Crippen LogP contribution in [-0.4, -0.2) is 11.9 Å². The van der Waals surface area contributed by atoms with Crippen LogP contribution in [0.15, 0.2) is 42.5 Å². The van der Waals surface area contributed by atoms with E-state index in [4.69, 9.17) is 33.3 Å². The standard InChI is InChI=1S/C17H17ClN2O2S/c1-11(13-3-2-4-14(18)8-13)20-17(23)19-9-12-5-6-15-16(7-12)22-10-21-15/h2-8,11H,9-10H2,1H3,(H2,19,20,23)/t11-/m1/s1. The SMILES string of the molecule is C[C@@H](NC(=S)NCc1ccc2c(c1)OCO2)c1cccc(Cl)c1. The van der Waals surface area contributed by atoms with Crippen molar-refractivity contribution >= 4 is 28.9 Å². The molecule has 0 saturated heterocycles. The number of halogens is 1. The molecule has 6 heteroatoms. The van der Waals surface area contributed by atoms with Crippen LogP contribution in [-0.2, 0) is 6.54 Å². The van der Waals surface area contributed by atoms with Crippen molar-refractivity contribution in [1.82, 2.24) is 10.6 Å². The number of hydrogen-bond acceptors (Lipinski definition) is 3. The minimum atomic E-state index is 0.0745. The predicted octanol–water partition coefficient (Wildman–Crippen LogP) is 3.79. The Labute approximate surface area is 145 Å². The van der Waals surface area contributed by atoms with E-state index < -0.39 is 0 Å². The molecule has 3 rings (SSSR count). The Balaban J connectivity index is 1.53. The lowest BCUT2D eigenvalue weighted by Crippen LogP contribution is -2.36. The zero-order chi connectivity index (χ0) is 16.2. The minimum Gasteiger partial charge on any atom is -0.454 e. The van der Waals surface area contributed by atoms with Crippen LogP contribution in [0, 0.1) is 0 Å². The van der Waals surface area contributed by atoms with E-state index in [1.165, 1.54) is 0 Å². The molecule has 0 aliphatic carbocycles. The zero-order valence-corrected chi connectivity index (χ0v) is 14.2. The van der Waals surface area contributed by atoms with E-state index >= 15 is 0 Å². The maximum Gasteiger partial charge on any atom is 0.231 e. The van der Waals surface area contributed by atoms with E-state index in [1.54, 1.807) is 0 Å². The summed E-state index contributed by atoms with van der Waals surface area (Å²) in [5.41, 5.74) is 2.17. The van der Waals surface area contributed by atoms with Gasteiger partial charge >= 0.3 is 0 Å². The molecule has 4 nitrogen and oxygen atoms in total. The van der Waals surface area contributed by atoms with Crippen LogP contribution >= 0.6 is 23.8 Å². The summed E-state index contributed by atoms with van der Waals surface area (Å²) in [5, 5.41) is 7.76. The molecule has 0 radical (unpaired) electrons. The second kappa shape index (κ2) is 7.06. The maximum atomic E-state index is 6.01. The second-order valence-corrected chi connectivity index (χ2v) is 6.14. The van der Waals surface area contributed by atoms with Gasteiger partial charge in [0.2, 0.25) is 6.79 Å². The summed E-state index contributed by atoms with van der Waals surface area (Å²) in [5.74, 6) is 1.56. The topological polar surface area (TPSA) is 42.5 Å². The van der Waals surface area contributed by atoms with Crippen molar-refractivity contribution < 1.29 is 9.47 Å². The molecule has 1 aliphatic rings. The number of ether oxygens (including phenoxy) is 2. The molecule has 2 aromatic carbocycles. The van der Waals surface area contributed by atoms with E-state index in [0.717, 1.165) is 27.6 Å². The van der Waals surface area contributed by atoms with E-state index in [0.29, 0.717) is 11.7 Å². The first kappa shape index (κ1) is 15.9. The average molecular weight is 349 g/mol. The third-order valence-electron chi connectivity index (χ3n) is 3.59. The van der Waals surface area contributed by atoms with Crippen LogP contribution in [0.1, 0.15) is 24.1 Å². The van der Waals surface area contributed by atoms with Gasteiger partial charge in [0.05, 0.1) is 6.04 Å². The first-order valence-corrected chi connectivity index (χ1v) is 8.09. The van der Waals surface area contributed by atoms with Gasteiger partial charge in [0, 0.05) is 11.6 Å². The summed E-state index contributed by atoms with van der Waals surface area (Å²) in [6.07, 6.45) is 0. The van der Waals surface area contributed by atoms with Gasteiger partial charge in [-0.3, -0.25) is 0 Å². The molecular formula is C17H17ClN2O2S. The number of fused-ring (bicyclic) bond motifs is 1. The Morgan fingerprint density at radius 1 is 1.22 bits per heavy atom. The highest BCUT2D eigenvalue weighted by Crippen LogP contribution is 2.32. The predicted molar refractivity (Wildman–Crippen MR) is 95.0 cm³/mol. The van der Waals surface area contributed by atoms with Crippen LogP contribution < -0.4 is 20.1 Å². The third kappa shape index (κ3) is 4.06. The minimum absolute atomic E-state index is 0.0745. The highest BCUT2D eigenvalue weighted by molar-refractivity contribution is 7.80. The van der Waals surface area contributed by atoms with E-state index in [1.807, 2.05) is 49.4 Å². The van der Waals surface area contributed by atoms with Gasteiger partial charge in [0.1, 0.15) is 0 Å². The molecule has 1 heterocycles. The molecule has 0 bridgehead atoms. The molecule has 2 aromatic rings. The molecule has 120 valence electrons. The fraction of sp³-hybridized carbons (Fsp3) is 0.235. The molecule has 1 aliphatic heterocycles. The van der Waals surface area contributed by atoms with E-state index in [2.05, 4.69) is 10.6 Å². The number of nitrogens with one attached hydrogen (secondary N) is 2. The van der Waals surface area contributed by atoms with Crippen molar-refractivity contribution in [3.63, 3.8) is 0 Å². The first-order valence-electron chi connectivity index (χ1n) is 7.30. The monoisotopic (exact) mass is 348 g/mol. The molecule has 2 N–H and O–H groups in total. The molecule has 1 atom stereocenters. The fourth-order valence-electron chi connectivity index (χ4n) is 2.34. The van der Waals surface area contributed by atoms with Crippen molar-refractivity contribution in [1.29, 1.82) is 0 Å². The lowest BCUT2D eigenvalue weighted by atomic mass is 10.1. The Morgan fingerprint density at radius 2 is 2.04 bits per heavy atom. The van der Waals surface area contributed by atoms with Gasteiger partial charge in [-0.05, 0) is 54.5 Å². The molecule has 0 aromatic heterocycles. The molecule has 0 fully saturated rings. The number of hydrogen-bond donors (Lipinski definition) is 2. The van der Waals surface area contributed by atoms with Gasteiger partial charge < -0.3 is 20.1 Å². The van der Waals surface area contributed by atoms with Crippen molar-refractivity contribution in [3.8, 4) is 11.5 Å². The molecule has 0 amide bonds. The Morgan fingerprint density at radius 3 is 2.87 bits per heavy atom. The van der Waals surface area contributed by atoms with Gasteiger partial charge in [-0.15, -0.1) is 0 Å². The summed E-state index contributed by atoms with van der Waals surface area (Å²) < 4.78 is 10.7. The Bertz CT molecular complexity index is 723. The van der Waals surface area contributed by atoms with Crippen molar-refractivity contribution in [2.24, 2.45) is 0 Å². The molecule has 0 spiro atoms. The number of rotatable bonds is 4. The van der Waals surface area contributed by atoms with E-state index in [9.17, 15) is 0 Å². The lowest BCUT2D eigenvalue weighted by Gasteiger charge is -2.17. The lowest BCUT2D eigenvalue weighted by molar-refractivity contribution is 0.174. The fourth-order valence-corrected chi connectivity index (χ4v) is 2.79. The summed E-state index contributed by atoms with van der Waals surface area (Å²) in [6, 6.07) is 13.7. The number of thiocarbonyl (C=S) groups is 1. The second-order valence-electron chi connectivity index (χ2n) is 5.29. The van der Waals surface area contributed by atoms with Crippen LogP contribution in [0.3, 0.4) is 0 Å². The van der Waals surface area contributed by atoms with Gasteiger partial charge in [-0.25, -0.2) is 0 Å². The highest BCUT2D eigenvalue weighted by atomic mass is 35.5. The summed E-state index contributed by atoms with van der Waals surface area (Å²) in [4.78, 5) is 0. The quantitative estimate of drug-likeness (QED) is 0.823. The molecule has 0 saturated carbocycles. The molecule has 0 unspecified atom stereocenters. The molecule has 23 heavy (non-hydrogen) atoms. The number of benzene rings is 2. The Kier molecular flexibility index (Phi) is 4.88. The van der Waals surface area contributed by atoms with E-state index in [-0.39, 0.29) is 12.8 Å². The first-order chi connectivity index (χ1) is 11.1. The summed E-state index contributed by atoms with van der Waals surface area (Å²) >= 11 is 11.4. The smallest absolute Gasteiger partial charge is 0.231 e. The maximum absolute atomic E-state index is 6.01. The van der Waals surface area contributed by atoms with Gasteiger partial charge in [-0.2, -0.15) is 0 Å². The van der Waals surface area contributed by atoms with Crippen molar-refractivity contribution in [2.45, 2.75) is 19.5 Å². The van der Waals surface area contributed by atoms with Crippen LogP contribution in [0.5, 0.6) is 11.5 Å². The van der Waals surface area contributed by atoms with Crippen LogP contribution in [0.25, 0.3) is 0 Å². The van der Waals surface area contributed by atoms with Crippen molar-refractivity contribution in [3.05, 3.63) is 58.6 Å². The van der Waals surface area contributed by atoms with Gasteiger partial charge in [-0.1, -0.05) is 29.8 Å². The van der Waals surface area contributed by atoms with Crippen LogP contribution in [0.2, 0.25) is 5.02 Å². The average Bonchev–Trinajstić information content (AvgIpc) is 3.00. The van der Waals surface area contributed by atoms with Gasteiger partial charge in [0.15, 0.2) is 16.6 Å². The highest BCUT2D eigenvalue weighted by Gasteiger charge is 2.13. The Hall–Kier alpha value is -1.98. The van der Waals surface area contributed by atoms with Crippen molar-refractivity contribution in [2.75, 3.05) is 6.79 Å². The normalized spacial score (nSPS) is 13.5. The largest absolute Gasteiger partial charge is 0.454 e. The zero-order valence-electron chi connectivity index (χ0n) is 12.6. The van der Waals surface area contributed by atoms with Gasteiger partial charge in [0.25, 0.3) is 0 Å².